The Morgan fingerprint density at radius 2 is 2.10 bits per heavy atom. The summed E-state index contributed by atoms with van der Waals surface area (Å²) in [6.07, 6.45) is 7.34. The predicted molar refractivity (Wildman–Crippen MR) is 82.8 cm³/mol. The zero-order chi connectivity index (χ0) is 14.2. The van der Waals surface area contributed by atoms with Crippen molar-refractivity contribution in [1.82, 2.24) is 10.2 Å². The maximum atomic E-state index is 14.0. The molecule has 1 saturated heterocycles. The molecule has 0 aromatic heterocycles. The van der Waals surface area contributed by atoms with Crippen molar-refractivity contribution in [3.8, 4) is 0 Å². The number of halogens is 1. The van der Waals surface area contributed by atoms with Gasteiger partial charge in [0, 0.05) is 18.6 Å². The van der Waals surface area contributed by atoms with Crippen molar-refractivity contribution in [3.63, 3.8) is 0 Å². The van der Waals surface area contributed by atoms with E-state index >= 15 is 0 Å². The van der Waals surface area contributed by atoms with Gasteiger partial charge in [0.2, 0.25) is 0 Å². The third-order valence-corrected chi connectivity index (χ3v) is 5.47. The summed E-state index contributed by atoms with van der Waals surface area (Å²) >= 11 is 0. The lowest BCUT2D eigenvalue weighted by molar-refractivity contribution is 0.144. The molecular formula is C18H25FN2. The van der Waals surface area contributed by atoms with E-state index in [2.05, 4.69) is 16.3 Å². The fourth-order valence-electron chi connectivity index (χ4n) is 4.25. The second-order valence-electron chi connectivity index (χ2n) is 7.00. The predicted octanol–water partition coefficient (Wildman–Crippen LogP) is 3.28. The molecule has 2 nitrogen and oxygen atoms in total. The molecule has 2 atom stereocenters. The van der Waals surface area contributed by atoms with Gasteiger partial charge >= 0.3 is 0 Å². The standard InChI is InChI=1S/C18H25FN2/c19-17-5-1-4-16-15(17)8-9-18(16)21(14-6-7-14)12-13-3-2-10-20-11-13/h1,4-5,13-14,18,20H,2-3,6-12H2. The van der Waals surface area contributed by atoms with E-state index in [1.807, 2.05) is 6.07 Å². The van der Waals surface area contributed by atoms with Gasteiger partial charge in [0.1, 0.15) is 5.82 Å². The van der Waals surface area contributed by atoms with Crippen molar-refractivity contribution in [2.24, 2.45) is 5.92 Å². The van der Waals surface area contributed by atoms with E-state index in [9.17, 15) is 4.39 Å². The quantitative estimate of drug-likeness (QED) is 0.914. The van der Waals surface area contributed by atoms with Crippen LogP contribution in [0.2, 0.25) is 0 Å². The van der Waals surface area contributed by atoms with Crippen LogP contribution in [-0.2, 0) is 6.42 Å². The maximum absolute atomic E-state index is 14.0. The zero-order valence-electron chi connectivity index (χ0n) is 12.7. The Hall–Kier alpha value is -0.930. The Balaban J connectivity index is 1.54. The van der Waals surface area contributed by atoms with E-state index in [-0.39, 0.29) is 5.82 Å². The summed E-state index contributed by atoms with van der Waals surface area (Å²) in [6, 6.07) is 6.88. The molecule has 1 aliphatic heterocycles. The number of nitrogens with zero attached hydrogens (tertiary/aromatic N) is 1. The van der Waals surface area contributed by atoms with Gasteiger partial charge in [-0.15, -0.1) is 0 Å². The summed E-state index contributed by atoms with van der Waals surface area (Å²) in [5.41, 5.74) is 2.25. The first kappa shape index (κ1) is 13.7. The van der Waals surface area contributed by atoms with Crippen LogP contribution in [0.3, 0.4) is 0 Å². The molecule has 4 rings (SSSR count). The third-order valence-electron chi connectivity index (χ3n) is 5.47. The van der Waals surface area contributed by atoms with Crippen LogP contribution in [0.25, 0.3) is 0 Å². The third kappa shape index (κ3) is 2.74. The molecule has 0 amide bonds. The van der Waals surface area contributed by atoms with E-state index in [0.29, 0.717) is 6.04 Å². The van der Waals surface area contributed by atoms with Crippen LogP contribution in [0.1, 0.15) is 49.3 Å². The topological polar surface area (TPSA) is 15.3 Å². The molecule has 0 spiro atoms. The molecule has 3 aliphatic rings. The average Bonchev–Trinajstić information content (AvgIpc) is 3.26. The van der Waals surface area contributed by atoms with Crippen molar-refractivity contribution >= 4 is 0 Å². The lowest BCUT2D eigenvalue weighted by Gasteiger charge is -2.34. The fraction of sp³-hybridized carbons (Fsp3) is 0.667. The molecule has 1 N–H and O–H groups in total. The Labute approximate surface area is 126 Å². The smallest absolute Gasteiger partial charge is 0.126 e. The first-order valence-corrected chi connectivity index (χ1v) is 8.56. The number of fused-ring (bicyclic) bond motifs is 1. The Kier molecular flexibility index (Phi) is 3.72. The largest absolute Gasteiger partial charge is 0.316 e. The van der Waals surface area contributed by atoms with E-state index in [4.69, 9.17) is 0 Å². The SMILES string of the molecule is Fc1cccc2c1CCC2N(CC1CCCNC1)C1CC1. The van der Waals surface area contributed by atoms with Crippen LogP contribution in [-0.4, -0.2) is 30.6 Å². The highest BCUT2D eigenvalue weighted by atomic mass is 19.1. The van der Waals surface area contributed by atoms with Gasteiger partial charge in [-0.05, 0) is 74.7 Å². The number of rotatable bonds is 4. The van der Waals surface area contributed by atoms with Crippen molar-refractivity contribution in [3.05, 3.63) is 35.1 Å². The molecule has 3 heteroatoms. The average molecular weight is 288 g/mol. The molecule has 1 aromatic carbocycles. The van der Waals surface area contributed by atoms with Gasteiger partial charge in [-0.3, -0.25) is 4.90 Å². The summed E-state index contributed by atoms with van der Waals surface area (Å²) in [6.45, 7) is 3.53. The molecule has 1 saturated carbocycles. The fourth-order valence-corrected chi connectivity index (χ4v) is 4.25. The summed E-state index contributed by atoms with van der Waals surface area (Å²) in [4.78, 5) is 2.71. The molecule has 1 aromatic rings. The lowest BCUT2D eigenvalue weighted by atomic mass is 9.97. The highest BCUT2D eigenvalue weighted by Crippen LogP contribution is 2.43. The van der Waals surface area contributed by atoms with Crippen molar-refractivity contribution in [2.45, 2.75) is 50.6 Å². The molecule has 114 valence electrons. The minimum Gasteiger partial charge on any atom is -0.316 e. The minimum absolute atomic E-state index is 0.00470. The van der Waals surface area contributed by atoms with Crippen LogP contribution >= 0.6 is 0 Å². The van der Waals surface area contributed by atoms with Crippen LogP contribution < -0.4 is 5.32 Å². The minimum atomic E-state index is 0.00470. The van der Waals surface area contributed by atoms with Crippen molar-refractivity contribution < 1.29 is 4.39 Å². The van der Waals surface area contributed by atoms with Gasteiger partial charge in [0.05, 0.1) is 0 Å². The first-order chi connectivity index (χ1) is 10.3. The molecule has 2 aliphatic carbocycles. The molecule has 21 heavy (non-hydrogen) atoms. The van der Waals surface area contributed by atoms with Gasteiger partial charge in [0.25, 0.3) is 0 Å². The van der Waals surface area contributed by atoms with Crippen LogP contribution in [0.5, 0.6) is 0 Å². The molecule has 0 bridgehead atoms. The number of nitrogens with one attached hydrogen (secondary N) is 1. The molecule has 1 heterocycles. The summed E-state index contributed by atoms with van der Waals surface area (Å²) in [7, 11) is 0. The van der Waals surface area contributed by atoms with E-state index in [1.54, 1.807) is 6.07 Å². The number of piperidine rings is 1. The number of hydrogen-bond donors (Lipinski definition) is 1. The van der Waals surface area contributed by atoms with Crippen LogP contribution in [0.15, 0.2) is 18.2 Å². The van der Waals surface area contributed by atoms with Gasteiger partial charge < -0.3 is 5.32 Å². The van der Waals surface area contributed by atoms with E-state index in [0.717, 1.165) is 36.9 Å². The van der Waals surface area contributed by atoms with Crippen molar-refractivity contribution in [2.75, 3.05) is 19.6 Å². The molecule has 0 radical (unpaired) electrons. The van der Waals surface area contributed by atoms with Gasteiger partial charge in [0.15, 0.2) is 0 Å². The van der Waals surface area contributed by atoms with Gasteiger partial charge in [-0.25, -0.2) is 4.39 Å². The summed E-state index contributed by atoms with van der Waals surface area (Å²) in [5, 5.41) is 3.53. The molecule has 2 unspecified atom stereocenters. The highest BCUT2D eigenvalue weighted by molar-refractivity contribution is 5.36. The van der Waals surface area contributed by atoms with Gasteiger partial charge in [-0.2, -0.15) is 0 Å². The van der Waals surface area contributed by atoms with E-state index in [1.165, 1.54) is 44.3 Å². The van der Waals surface area contributed by atoms with E-state index < -0.39 is 0 Å². The number of benzene rings is 1. The Bertz CT molecular complexity index is 506. The first-order valence-electron chi connectivity index (χ1n) is 8.56. The Morgan fingerprint density at radius 1 is 1.19 bits per heavy atom. The lowest BCUT2D eigenvalue weighted by Crippen LogP contribution is -2.40. The second kappa shape index (κ2) is 5.69. The van der Waals surface area contributed by atoms with Crippen LogP contribution in [0.4, 0.5) is 4.39 Å². The zero-order valence-corrected chi connectivity index (χ0v) is 12.7. The Morgan fingerprint density at radius 3 is 2.86 bits per heavy atom. The number of hydrogen-bond acceptors (Lipinski definition) is 2. The van der Waals surface area contributed by atoms with Crippen molar-refractivity contribution in [1.29, 1.82) is 0 Å². The van der Waals surface area contributed by atoms with Gasteiger partial charge in [-0.1, -0.05) is 12.1 Å². The molecule has 2 fully saturated rings. The normalized spacial score (nSPS) is 28.9. The summed E-state index contributed by atoms with van der Waals surface area (Å²) in [5.74, 6) is 0.780. The monoisotopic (exact) mass is 288 g/mol. The second-order valence-corrected chi connectivity index (χ2v) is 7.00. The maximum Gasteiger partial charge on any atom is 0.126 e. The highest BCUT2D eigenvalue weighted by Gasteiger charge is 2.39. The molecular weight excluding hydrogens is 263 g/mol. The van der Waals surface area contributed by atoms with Crippen LogP contribution in [0, 0.1) is 11.7 Å². The summed E-state index contributed by atoms with van der Waals surface area (Å²) < 4.78 is 14.0.